The number of rotatable bonds is 3. The fraction of sp³-hybridized carbons (Fsp3) is 0.750. The van der Waals surface area contributed by atoms with Crippen molar-refractivity contribution in [3.63, 3.8) is 0 Å². The Bertz CT molecular complexity index is 226. The number of carbonyl (C=O) groups is 2. The van der Waals surface area contributed by atoms with Crippen molar-refractivity contribution >= 4 is 12.0 Å². The number of piperidine rings is 1. The molecule has 0 saturated carbocycles. The Kier molecular flexibility index (Phi) is 3.70. The van der Waals surface area contributed by atoms with E-state index in [4.69, 9.17) is 10.8 Å². The van der Waals surface area contributed by atoms with Gasteiger partial charge in [0.2, 0.25) is 5.91 Å². The lowest BCUT2D eigenvalue weighted by atomic mass is 9.90. The fourth-order valence-corrected chi connectivity index (χ4v) is 1.73. The molecule has 2 amide bonds. The number of nitrogens with one attached hydrogen (secondary N) is 2. The smallest absolute Gasteiger partial charge is 0.405 e. The average Bonchev–Trinajstić information content (AvgIpc) is 2.15. The molecular weight excluding hydrogens is 186 g/mol. The third-order valence-electron chi connectivity index (χ3n) is 2.44. The first-order chi connectivity index (χ1) is 6.61. The van der Waals surface area contributed by atoms with E-state index in [1.54, 1.807) is 0 Å². The first-order valence-electron chi connectivity index (χ1n) is 4.60. The Hall–Kier alpha value is -1.30. The zero-order valence-electron chi connectivity index (χ0n) is 7.82. The van der Waals surface area contributed by atoms with Crippen molar-refractivity contribution in [2.75, 3.05) is 13.1 Å². The molecule has 0 bridgehead atoms. The maximum Gasteiger partial charge on any atom is 0.405 e. The summed E-state index contributed by atoms with van der Waals surface area (Å²) in [4.78, 5) is 21.4. The summed E-state index contributed by atoms with van der Waals surface area (Å²) in [5.74, 6) is -0.579. The van der Waals surface area contributed by atoms with Crippen LogP contribution in [0.25, 0.3) is 0 Å². The Balaban J connectivity index is 2.56. The van der Waals surface area contributed by atoms with Crippen LogP contribution in [0, 0.1) is 5.92 Å². The fourth-order valence-electron chi connectivity index (χ4n) is 1.73. The molecule has 1 rings (SSSR count). The molecule has 80 valence electrons. The predicted octanol–water partition coefficient (Wildman–Crippen LogP) is -0.893. The van der Waals surface area contributed by atoms with Gasteiger partial charge in [-0.2, -0.15) is 0 Å². The quantitative estimate of drug-likeness (QED) is 0.475. The maximum atomic E-state index is 11.0. The van der Waals surface area contributed by atoms with Gasteiger partial charge in [0.25, 0.3) is 0 Å². The van der Waals surface area contributed by atoms with Gasteiger partial charge in [-0.3, -0.25) is 4.79 Å². The monoisotopic (exact) mass is 201 g/mol. The standard InChI is InChI=1S/C8H15N3O3/c9-7(12)6(11-8(13)14)5-1-3-10-4-2-5/h5-6,10-11H,1-4H2,(H2,9,12)(H,13,14). The molecular formula is C8H15N3O3. The largest absolute Gasteiger partial charge is 0.465 e. The van der Waals surface area contributed by atoms with E-state index >= 15 is 0 Å². The summed E-state index contributed by atoms with van der Waals surface area (Å²) in [5.41, 5.74) is 5.13. The summed E-state index contributed by atoms with van der Waals surface area (Å²) in [6, 6.07) is -0.755. The zero-order valence-corrected chi connectivity index (χ0v) is 7.82. The van der Waals surface area contributed by atoms with Gasteiger partial charge in [0.1, 0.15) is 6.04 Å². The van der Waals surface area contributed by atoms with E-state index in [0.717, 1.165) is 25.9 Å². The molecule has 0 aromatic carbocycles. The molecule has 0 aromatic heterocycles. The lowest BCUT2D eigenvalue weighted by molar-refractivity contribution is -0.121. The van der Waals surface area contributed by atoms with Crippen molar-refractivity contribution in [3.05, 3.63) is 0 Å². The molecule has 1 atom stereocenters. The molecule has 0 aromatic rings. The summed E-state index contributed by atoms with van der Waals surface area (Å²) in [6.45, 7) is 1.60. The van der Waals surface area contributed by atoms with Gasteiger partial charge in [0.05, 0.1) is 0 Å². The van der Waals surface area contributed by atoms with Crippen LogP contribution in [-0.2, 0) is 4.79 Å². The normalized spacial score (nSPS) is 20.0. The van der Waals surface area contributed by atoms with Gasteiger partial charge in [-0.05, 0) is 31.8 Å². The second-order valence-corrected chi connectivity index (χ2v) is 3.42. The lowest BCUT2D eigenvalue weighted by Crippen LogP contribution is -2.51. The highest BCUT2D eigenvalue weighted by atomic mass is 16.4. The Morgan fingerprint density at radius 2 is 2.00 bits per heavy atom. The Morgan fingerprint density at radius 3 is 2.43 bits per heavy atom. The van der Waals surface area contributed by atoms with Crippen LogP contribution in [0.5, 0.6) is 0 Å². The van der Waals surface area contributed by atoms with Gasteiger partial charge in [-0.1, -0.05) is 0 Å². The van der Waals surface area contributed by atoms with Crippen LogP contribution in [0.3, 0.4) is 0 Å². The van der Waals surface area contributed by atoms with Gasteiger partial charge < -0.3 is 21.5 Å². The van der Waals surface area contributed by atoms with Gasteiger partial charge in [0.15, 0.2) is 0 Å². The number of hydrogen-bond acceptors (Lipinski definition) is 3. The number of carboxylic acid groups (broad SMARTS) is 1. The first-order valence-corrected chi connectivity index (χ1v) is 4.60. The van der Waals surface area contributed by atoms with Crippen LogP contribution < -0.4 is 16.4 Å². The molecule has 1 unspecified atom stereocenters. The number of amides is 2. The maximum absolute atomic E-state index is 11.0. The van der Waals surface area contributed by atoms with E-state index in [9.17, 15) is 9.59 Å². The van der Waals surface area contributed by atoms with E-state index in [1.165, 1.54) is 0 Å². The highest BCUT2D eigenvalue weighted by molar-refractivity contribution is 5.84. The molecule has 5 N–H and O–H groups in total. The minimum absolute atomic E-state index is 0.0184. The zero-order chi connectivity index (χ0) is 10.6. The number of nitrogens with two attached hydrogens (primary N) is 1. The molecule has 1 fully saturated rings. The summed E-state index contributed by atoms with van der Waals surface area (Å²) in [7, 11) is 0. The van der Waals surface area contributed by atoms with Crippen molar-refractivity contribution in [2.45, 2.75) is 18.9 Å². The van der Waals surface area contributed by atoms with Crippen molar-refractivity contribution < 1.29 is 14.7 Å². The van der Waals surface area contributed by atoms with E-state index in [0.29, 0.717) is 0 Å². The van der Waals surface area contributed by atoms with Gasteiger partial charge in [0, 0.05) is 0 Å². The van der Waals surface area contributed by atoms with Crippen LogP contribution in [0.4, 0.5) is 4.79 Å². The van der Waals surface area contributed by atoms with Crippen molar-refractivity contribution in [1.82, 2.24) is 10.6 Å². The van der Waals surface area contributed by atoms with E-state index in [1.807, 2.05) is 0 Å². The SMILES string of the molecule is NC(=O)C(NC(=O)O)C1CCNCC1. The molecule has 1 saturated heterocycles. The topological polar surface area (TPSA) is 104 Å². The molecule has 6 nitrogen and oxygen atoms in total. The molecule has 6 heteroatoms. The molecule has 1 heterocycles. The molecule has 14 heavy (non-hydrogen) atoms. The van der Waals surface area contributed by atoms with E-state index in [2.05, 4.69) is 10.6 Å². The summed E-state index contributed by atoms with van der Waals surface area (Å²) >= 11 is 0. The van der Waals surface area contributed by atoms with Crippen LogP contribution in [0.15, 0.2) is 0 Å². The van der Waals surface area contributed by atoms with E-state index in [-0.39, 0.29) is 5.92 Å². The second-order valence-electron chi connectivity index (χ2n) is 3.42. The highest BCUT2D eigenvalue weighted by Gasteiger charge is 2.28. The van der Waals surface area contributed by atoms with Crippen molar-refractivity contribution in [1.29, 1.82) is 0 Å². The summed E-state index contributed by atoms with van der Waals surface area (Å²) < 4.78 is 0. The number of primary amides is 1. The number of carbonyl (C=O) groups excluding carboxylic acids is 1. The third-order valence-corrected chi connectivity index (χ3v) is 2.44. The number of hydrogen-bond donors (Lipinski definition) is 4. The Labute approximate surface area is 81.8 Å². The molecule has 0 radical (unpaired) electrons. The van der Waals surface area contributed by atoms with Gasteiger partial charge >= 0.3 is 6.09 Å². The van der Waals surface area contributed by atoms with Crippen LogP contribution in [0.2, 0.25) is 0 Å². The molecule has 0 aliphatic carbocycles. The molecule has 1 aliphatic heterocycles. The van der Waals surface area contributed by atoms with Gasteiger partial charge in [-0.25, -0.2) is 4.79 Å². The molecule has 1 aliphatic rings. The lowest BCUT2D eigenvalue weighted by Gasteiger charge is -2.28. The first kappa shape index (κ1) is 10.8. The third kappa shape index (κ3) is 2.88. The Morgan fingerprint density at radius 1 is 1.43 bits per heavy atom. The van der Waals surface area contributed by atoms with Crippen LogP contribution >= 0.6 is 0 Å². The van der Waals surface area contributed by atoms with Gasteiger partial charge in [-0.15, -0.1) is 0 Å². The minimum Gasteiger partial charge on any atom is -0.465 e. The predicted molar refractivity (Wildman–Crippen MR) is 49.7 cm³/mol. The van der Waals surface area contributed by atoms with E-state index < -0.39 is 18.0 Å². The second kappa shape index (κ2) is 4.80. The minimum atomic E-state index is -1.20. The van der Waals surface area contributed by atoms with Crippen LogP contribution in [0.1, 0.15) is 12.8 Å². The summed E-state index contributed by atoms with van der Waals surface area (Å²) in [5, 5.41) is 13.8. The van der Waals surface area contributed by atoms with Crippen molar-refractivity contribution in [2.24, 2.45) is 11.7 Å². The highest BCUT2D eigenvalue weighted by Crippen LogP contribution is 2.16. The average molecular weight is 201 g/mol. The van der Waals surface area contributed by atoms with Crippen molar-refractivity contribution in [3.8, 4) is 0 Å². The van der Waals surface area contributed by atoms with Crippen LogP contribution in [-0.4, -0.2) is 36.2 Å². The molecule has 0 spiro atoms. The summed E-state index contributed by atoms with van der Waals surface area (Å²) in [6.07, 6.45) is 0.342.